The van der Waals surface area contributed by atoms with E-state index < -0.39 is 0 Å². The van der Waals surface area contributed by atoms with Crippen molar-refractivity contribution in [2.75, 3.05) is 6.54 Å². The molecule has 0 bridgehead atoms. The zero-order chi connectivity index (χ0) is 17.9. The molecular formula is C24H21NO. The molecule has 4 rings (SSSR count). The monoisotopic (exact) mass is 339 g/mol. The number of carbonyl (C=O) groups is 1. The van der Waals surface area contributed by atoms with Crippen molar-refractivity contribution in [1.29, 1.82) is 0 Å². The van der Waals surface area contributed by atoms with Crippen LogP contribution < -0.4 is 5.73 Å². The van der Waals surface area contributed by atoms with Gasteiger partial charge in [0, 0.05) is 13.0 Å². The van der Waals surface area contributed by atoms with Crippen LogP contribution in [-0.2, 0) is 11.2 Å². The quantitative estimate of drug-likeness (QED) is 0.565. The summed E-state index contributed by atoms with van der Waals surface area (Å²) in [6, 6.07) is 28.7. The first kappa shape index (κ1) is 16.5. The van der Waals surface area contributed by atoms with Crippen molar-refractivity contribution in [3.05, 3.63) is 96.1 Å². The van der Waals surface area contributed by atoms with Gasteiger partial charge in [-0.2, -0.15) is 0 Å². The Bertz CT molecular complexity index is 1080. The molecule has 4 aromatic carbocycles. The number of Topliss-reactive ketones (excluding diaryl/α,β-unsaturated/α-hetero) is 1. The second-order valence-corrected chi connectivity index (χ2v) is 6.68. The summed E-state index contributed by atoms with van der Waals surface area (Å²) in [6.07, 6.45) is 0.399. The average molecular weight is 339 g/mol. The van der Waals surface area contributed by atoms with Crippen LogP contribution in [0.3, 0.4) is 0 Å². The van der Waals surface area contributed by atoms with Crippen molar-refractivity contribution in [2.24, 2.45) is 5.73 Å². The molecule has 0 spiro atoms. The molecule has 26 heavy (non-hydrogen) atoms. The highest BCUT2D eigenvalue weighted by Gasteiger charge is 2.21. The van der Waals surface area contributed by atoms with E-state index in [4.69, 9.17) is 5.73 Å². The molecule has 0 amide bonds. The predicted molar refractivity (Wildman–Crippen MR) is 108 cm³/mol. The summed E-state index contributed by atoms with van der Waals surface area (Å²) in [5.74, 6) is -0.119. The van der Waals surface area contributed by atoms with Gasteiger partial charge in [-0.05, 0) is 32.7 Å². The van der Waals surface area contributed by atoms with Gasteiger partial charge in [0.25, 0.3) is 0 Å². The lowest BCUT2D eigenvalue weighted by molar-refractivity contribution is -0.119. The first-order chi connectivity index (χ1) is 12.8. The molecule has 0 fully saturated rings. The molecule has 1 atom stereocenters. The molecule has 0 aliphatic carbocycles. The van der Waals surface area contributed by atoms with Crippen LogP contribution in [0.5, 0.6) is 0 Å². The van der Waals surface area contributed by atoms with E-state index in [2.05, 4.69) is 42.5 Å². The van der Waals surface area contributed by atoms with Crippen molar-refractivity contribution in [3.8, 4) is 0 Å². The third kappa shape index (κ3) is 3.12. The van der Waals surface area contributed by atoms with E-state index in [1.807, 2.05) is 42.5 Å². The summed E-state index contributed by atoms with van der Waals surface area (Å²) in [7, 11) is 0. The van der Waals surface area contributed by atoms with E-state index in [-0.39, 0.29) is 11.7 Å². The van der Waals surface area contributed by atoms with Crippen molar-refractivity contribution >= 4 is 27.3 Å². The molecule has 0 saturated carbocycles. The summed E-state index contributed by atoms with van der Waals surface area (Å²) in [4.78, 5) is 13.0. The number of fused-ring (bicyclic) bond motifs is 2. The lowest BCUT2D eigenvalue weighted by Crippen LogP contribution is -2.23. The highest BCUT2D eigenvalue weighted by Crippen LogP contribution is 2.27. The molecule has 2 N–H and O–H groups in total. The Morgan fingerprint density at radius 1 is 0.769 bits per heavy atom. The van der Waals surface area contributed by atoms with Gasteiger partial charge < -0.3 is 5.73 Å². The molecule has 0 aliphatic rings. The average Bonchev–Trinajstić information content (AvgIpc) is 2.68. The third-order valence-corrected chi connectivity index (χ3v) is 5.02. The molecule has 0 radical (unpaired) electrons. The van der Waals surface area contributed by atoms with Crippen LogP contribution in [0.15, 0.2) is 84.9 Å². The van der Waals surface area contributed by atoms with Crippen LogP contribution in [0.1, 0.15) is 17.0 Å². The van der Waals surface area contributed by atoms with Gasteiger partial charge in [0.15, 0.2) is 0 Å². The number of ketones is 1. The fourth-order valence-corrected chi connectivity index (χ4v) is 3.66. The lowest BCUT2D eigenvalue weighted by atomic mass is 9.87. The molecule has 2 nitrogen and oxygen atoms in total. The normalized spacial score (nSPS) is 12.3. The highest BCUT2D eigenvalue weighted by molar-refractivity contribution is 5.95. The second-order valence-electron chi connectivity index (χ2n) is 6.68. The van der Waals surface area contributed by atoms with E-state index in [0.29, 0.717) is 13.0 Å². The Kier molecular flexibility index (Phi) is 4.51. The maximum Gasteiger partial charge on any atom is 0.145 e. The van der Waals surface area contributed by atoms with Gasteiger partial charge in [0.05, 0.1) is 5.92 Å². The van der Waals surface area contributed by atoms with Crippen LogP contribution in [0.25, 0.3) is 21.5 Å². The van der Waals surface area contributed by atoms with Gasteiger partial charge in [-0.3, -0.25) is 4.79 Å². The predicted octanol–water partition coefficient (Wildman–Crippen LogP) is 4.85. The molecule has 0 saturated heterocycles. The lowest BCUT2D eigenvalue weighted by Gasteiger charge is -2.17. The summed E-state index contributed by atoms with van der Waals surface area (Å²) in [6.45, 7) is 0.320. The minimum Gasteiger partial charge on any atom is -0.329 e. The Balaban J connectivity index is 1.66. The first-order valence-corrected chi connectivity index (χ1v) is 8.94. The van der Waals surface area contributed by atoms with Gasteiger partial charge in [-0.25, -0.2) is 0 Å². The minimum absolute atomic E-state index is 0.166. The third-order valence-electron chi connectivity index (χ3n) is 5.02. The number of hydrogen-bond acceptors (Lipinski definition) is 2. The summed E-state index contributed by atoms with van der Waals surface area (Å²) in [5.41, 5.74) is 8.08. The molecular weight excluding hydrogens is 318 g/mol. The van der Waals surface area contributed by atoms with Crippen LogP contribution in [-0.4, -0.2) is 12.3 Å². The van der Waals surface area contributed by atoms with Gasteiger partial charge in [-0.15, -0.1) is 0 Å². The molecule has 2 heteroatoms. The number of rotatable bonds is 5. The number of benzene rings is 4. The van der Waals surface area contributed by atoms with Crippen molar-refractivity contribution in [2.45, 2.75) is 12.3 Å². The largest absolute Gasteiger partial charge is 0.329 e. The fourth-order valence-electron chi connectivity index (χ4n) is 3.66. The molecule has 1 unspecified atom stereocenters. The molecule has 4 aromatic rings. The fraction of sp³-hybridized carbons (Fsp3) is 0.125. The first-order valence-electron chi connectivity index (χ1n) is 8.94. The Hall–Kier alpha value is -2.97. The van der Waals surface area contributed by atoms with Gasteiger partial charge in [-0.1, -0.05) is 84.9 Å². The SMILES string of the molecule is NCC(C(=O)Cc1ccc2ccccc2c1)c1cccc2ccccc12. The minimum atomic E-state index is -0.285. The molecule has 0 aliphatic heterocycles. The van der Waals surface area contributed by atoms with Gasteiger partial charge >= 0.3 is 0 Å². The second kappa shape index (κ2) is 7.11. The maximum atomic E-state index is 13.0. The summed E-state index contributed by atoms with van der Waals surface area (Å²) in [5, 5.41) is 4.60. The Morgan fingerprint density at radius 3 is 2.27 bits per heavy atom. The molecule has 0 aromatic heterocycles. The van der Waals surface area contributed by atoms with E-state index in [1.54, 1.807) is 0 Å². The van der Waals surface area contributed by atoms with Crippen molar-refractivity contribution < 1.29 is 4.79 Å². The van der Waals surface area contributed by atoms with E-state index in [0.717, 1.165) is 27.3 Å². The van der Waals surface area contributed by atoms with Crippen LogP contribution in [0, 0.1) is 0 Å². The highest BCUT2D eigenvalue weighted by atomic mass is 16.1. The summed E-state index contributed by atoms with van der Waals surface area (Å²) < 4.78 is 0. The van der Waals surface area contributed by atoms with Crippen LogP contribution >= 0.6 is 0 Å². The van der Waals surface area contributed by atoms with E-state index in [9.17, 15) is 4.79 Å². The van der Waals surface area contributed by atoms with Gasteiger partial charge in [0.1, 0.15) is 5.78 Å². The zero-order valence-electron chi connectivity index (χ0n) is 14.6. The van der Waals surface area contributed by atoms with Crippen molar-refractivity contribution in [3.63, 3.8) is 0 Å². The maximum absolute atomic E-state index is 13.0. The van der Waals surface area contributed by atoms with Crippen molar-refractivity contribution in [1.82, 2.24) is 0 Å². The van der Waals surface area contributed by atoms with E-state index >= 15 is 0 Å². The zero-order valence-corrected chi connectivity index (χ0v) is 14.6. The Labute approximate surface area is 153 Å². The molecule has 128 valence electrons. The number of carbonyl (C=O) groups excluding carboxylic acids is 1. The Morgan fingerprint density at radius 2 is 1.46 bits per heavy atom. The van der Waals surface area contributed by atoms with E-state index in [1.165, 1.54) is 5.39 Å². The summed E-state index contributed by atoms with van der Waals surface area (Å²) >= 11 is 0. The number of nitrogens with two attached hydrogens (primary N) is 1. The van der Waals surface area contributed by atoms with Crippen LogP contribution in [0.4, 0.5) is 0 Å². The topological polar surface area (TPSA) is 43.1 Å². The smallest absolute Gasteiger partial charge is 0.145 e. The van der Waals surface area contributed by atoms with Crippen LogP contribution in [0.2, 0.25) is 0 Å². The standard InChI is InChI=1S/C24H21NO/c25-16-23(22-11-5-9-19-7-3-4-10-21(19)22)24(26)15-17-12-13-18-6-1-2-8-20(18)14-17/h1-14,23H,15-16,25H2. The molecule has 0 heterocycles. The number of hydrogen-bond donors (Lipinski definition) is 1. The van der Waals surface area contributed by atoms with Gasteiger partial charge in [0.2, 0.25) is 0 Å².